The van der Waals surface area contributed by atoms with Gasteiger partial charge in [-0.3, -0.25) is 9.78 Å². The molecule has 0 fully saturated rings. The Morgan fingerprint density at radius 1 is 1.19 bits per heavy atom. The van der Waals surface area contributed by atoms with Crippen molar-refractivity contribution >= 4 is 23.2 Å². The van der Waals surface area contributed by atoms with E-state index in [1.54, 1.807) is 0 Å². The molecule has 0 spiro atoms. The first-order valence-electron chi connectivity index (χ1n) is 7.95. The van der Waals surface area contributed by atoms with Gasteiger partial charge < -0.3 is 10.1 Å². The SMILES string of the molecule is CCOc1ccc(Cc2nnc(Nc3ccc(F)c(Cl)c3)[nH]c2=O)cc1. The molecular weight excluding hydrogens is 359 g/mol. The third kappa shape index (κ3) is 4.37. The minimum Gasteiger partial charge on any atom is -0.494 e. The van der Waals surface area contributed by atoms with E-state index in [0.717, 1.165) is 11.3 Å². The third-order valence-electron chi connectivity index (χ3n) is 3.55. The van der Waals surface area contributed by atoms with Gasteiger partial charge in [-0.1, -0.05) is 23.7 Å². The van der Waals surface area contributed by atoms with Gasteiger partial charge in [-0.2, -0.15) is 0 Å². The highest BCUT2D eigenvalue weighted by Gasteiger charge is 2.08. The van der Waals surface area contributed by atoms with Crippen molar-refractivity contribution in [2.75, 3.05) is 11.9 Å². The summed E-state index contributed by atoms with van der Waals surface area (Å²) in [4.78, 5) is 14.8. The van der Waals surface area contributed by atoms with Crippen LogP contribution in [0.25, 0.3) is 0 Å². The maximum atomic E-state index is 13.2. The number of ether oxygens (including phenoxy) is 1. The molecule has 0 bridgehead atoms. The second kappa shape index (κ2) is 7.97. The quantitative estimate of drug-likeness (QED) is 0.687. The second-order valence-corrected chi connectivity index (χ2v) is 5.86. The average Bonchev–Trinajstić information content (AvgIpc) is 2.62. The van der Waals surface area contributed by atoms with Crippen molar-refractivity contribution < 1.29 is 9.13 Å². The fraction of sp³-hybridized carbons (Fsp3) is 0.167. The van der Waals surface area contributed by atoms with E-state index in [9.17, 15) is 9.18 Å². The van der Waals surface area contributed by atoms with Crippen LogP contribution in [0.5, 0.6) is 5.75 Å². The Kier molecular flexibility index (Phi) is 5.48. The summed E-state index contributed by atoms with van der Waals surface area (Å²) in [6.45, 7) is 2.51. The lowest BCUT2D eigenvalue weighted by Crippen LogP contribution is -2.18. The molecule has 1 aromatic heterocycles. The van der Waals surface area contributed by atoms with E-state index in [1.807, 2.05) is 31.2 Å². The predicted octanol–water partition coefficient (Wildman–Crippen LogP) is 3.69. The first kappa shape index (κ1) is 17.9. The minimum absolute atomic E-state index is 0.0302. The Morgan fingerprint density at radius 3 is 2.62 bits per heavy atom. The van der Waals surface area contributed by atoms with Crippen molar-refractivity contribution in [3.05, 3.63) is 74.9 Å². The van der Waals surface area contributed by atoms with Crippen molar-refractivity contribution in [1.82, 2.24) is 15.2 Å². The van der Waals surface area contributed by atoms with Crippen molar-refractivity contribution in [3.63, 3.8) is 0 Å². The van der Waals surface area contributed by atoms with Crippen molar-refractivity contribution in [1.29, 1.82) is 0 Å². The number of rotatable bonds is 6. The molecule has 0 aliphatic carbocycles. The Hall–Kier alpha value is -2.93. The molecular formula is C18H16ClFN4O2. The van der Waals surface area contributed by atoms with Crippen LogP contribution in [0, 0.1) is 5.82 Å². The molecule has 6 nitrogen and oxygen atoms in total. The van der Waals surface area contributed by atoms with E-state index < -0.39 is 5.82 Å². The van der Waals surface area contributed by atoms with Crippen molar-refractivity contribution in [2.45, 2.75) is 13.3 Å². The molecule has 0 atom stereocenters. The van der Waals surface area contributed by atoms with Crippen molar-refractivity contribution in [3.8, 4) is 5.75 Å². The zero-order valence-corrected chi connectivity index (χ0v) is 14.7. The number of hydrogen-bond donors (Lipinski definition) is 2. The molecule has 0 radical (unpaired) electrons. The van der Waals surface area contributed by atoms with Gasteiger partial charge in [0.1, 0.15) is 17.3 Å². The Morgan fingerprint density at radius 2 is 1.96 bits per heavy atom. The number of aromatic nitrogens is 3. The highest BCUT2D eigenvalue weighted by Crippen LogP contribution is 2.21. The van der Waals surface area contributed by atoms with Crippen LogP contribution < -0.4 is 15.6 Å². The average molecular weight is 375 g/mol. The molecule has 0 aliphatic rings. The summed E-state index contributed by atoms with van der Waals surface area (Å²) < 4.78 is 18.6. The number of H-pyrrole nitrogens is 1. The molecule has 26 heavy (non-hydrogen) atoms. The van der Waals surface area contributed by atoms with E-state index >= 15 is 0 Å². The molecule has 0 unspecified atom stereocenters. The Balaban J connectivity index is 1.72. The molecule has 0 amide bonds. The van der Waals surface area contributed by atoms with Gasteiger partial charge in [-0.25, -0.2) is 4.39 Å². The molecule has 0 aliphatic heterocycles. The van der Waals surface area contributed by atoms with E-state index in [-0.39, 0.29) is 22.2 Å². The van der Waals surface area contributed by atoms with E-state index in [2.05, 4.69) is 20.5 Å². The highest BCUT2D eigenvalue weighted by atomic mass is 35.5. The van der Waals surface area contributed by atoms with Gasteiger partial charge in [-0.15, -0.1) is 10.2 Å². The molecule has 134 valence electrons. The first-order chi connectivity index (χ1) is 12.5. The molecule has 2 N–H and O–H groups in total. The summed E-state index contributed by atoms with van der Waals surface area (Å²) in [5, 5.41) is 10.7. The normalized spacial score (nSPS) is 10.6. The maximum absolute atomic E-state index is 13.2. The third-order valence-corrected chi connectivity index (χ3v) is 3.84. The van der Waals surface area contributed by atoms with Gasteiger partial charge in [-0.05, 0) is 42.8 Å². The summed E-state index contributed by atoms with van der Waals surface area (Å²) in [5.41, 5.74) is 1.33. The minimum atomic E-state index is -0.525. The van der Waals surface area contributed by atoms with Crippen LogP contribution in [-0.4, -0.2) is 21.8 Å². The van der Waals surface area contributed by atoms with Crippen molar-refractivity contribution in [2.24, 2.45) is 0 Å². The van der Waals surface area contributed by atoms with Gasteiger partial charge in [0, 0.05) is 12.1 Å². The lowest BCUT2D eigenvalue weighted by Gasteiger charge is -2.07. The van der Waals surface area contributed by atoms with E-state index in [1.165, 1.54) is 18.2 Å². The molecule has 3 rings (SSSR count). The lowest BCUT2D eigenvalue weighted by molar-refractivity contribution is 0.340. The first-order valence-corrected chi connectivity index (χ1v) is 8.32. The van der Waals surface area contributed by atoms with Crippen LogP contribution in [0.3, 0.4) is 0 Å². The van der Waals surface area contributed by atoms with Gasteiger partial charge in [0.2, 0.25) is 5.95 Å². The van der Waals surface area contributed by atoms with Crippen LogP contribution >= 0.6 is 11.6 Å². The summed E-state index contributed by atoms with van der Waals surface area (Å²) >= 11 is 5.73. The summed E-state index contributed by atoms with van der Waals surface area (Å²) in [6, 6.07) is 11.5. The zero-order valence-electron chi connectivity index (χ0n) is 13.9. The molecule has 0 saturated heterocycles. The number of halogens is 2. The Labute approximate surface area is 154 Å². The number of hydrogen-bond acceptors (Lipinski definition) is 5. The van der Waals surface area contributed by atoms with Crippen LogP contribution in [0.1, 0.15) is 18.2 Å². The zero-order chi connectivity index (χ0) is 18.5. The number of nitrogens with zero attached hydrogens (tertiary/aromatic N) is 2. The lowest BCUT2D eigenvalue weighted by atomic mass is 10.1. The summed E-state index contributed by atoms with van der Waals surface area (Å²) in [7, 11) is 0. The smallest absolute Gasteiger partial charge is 0.274 e. The molecule has 0 saturated carbocycles. The van der Waals surface area contributed by atoms with Crippen LogP contribution in [0.2, 0.25) is 5.02 Å². The maximum Gasteiger partial charge on any atom is 0.274 e. The fourth-order valence-corrected chi connectivity index (χ4v) is 2.49. The molecule has 8 heteroatoms. The predicted molar refractivity (Wildman–Crippen MR) is 97.8 cm³/mol. The standard InChI is InChI=1S/C18H16ClFN4O2/c1-2-26-13-6-3-11(4-7-13)9-16-17(25)22-18(24-23-16)21-12-5-8-15(20)14(19)10-12/h3-8,10H,2,9H2,1H3,(H2,21,22,24,25). The number of aromatic amines is 1. The number of anilines is 2. The van der Waals surface area contributed by atoms with Crippen LogP contribution in [0.4, 0.5) is 16.0 Å². The highest BCUT2D eigenvalue weighted by molar-refractivity contribution is 6.31. The summed E-state index contributed by atoms with van der Waals surface area (Å²) in [5.74, 6) is 0.393. The largest absolute Gasteiger partial charge is 0.494 e. The Bertz CT molecular complexity index is 960. The number of benzene rings is 2. The topological polar surface area (TPSA) is 79.9 Å². The van der Waals surface area contributed by atoms with Gasteiger partial charge in [0.25, 0.3) is 5.56 Å². The van der Waals surface area contributed by atoms with Gasteiger partial charge in [0.05, 0.1) is 11.6 Å². The van der Waals surface area contributed by atoms with E-state index in [4.69, 9.17) is 16.3 Å². The fourth-order valence-electron chi connectivity index (χ4n) is 2.31. The van der Waals surface area contributed by atoms with Crippen LogP contribution in [-0.2, 0) is 6.42 Å². The van der Waals surface area contributed by atoms with Crippen LogP contribution in [0.15, 0.2) is 47.3 Å². The van der Waals surface area contributed by atoms with E-state index in [0.29, 0.717) is 18.7 Å². The monoisotopic (exact) mass is 374 g/mol. The van der Waals surface area contributed by atoms with Gasteiger partial charge >= 0.3 is 0 Å². The summed E-state index contributed by atoms with van der Waals surface area (Å²) in [6.07, 6.45) is 0.345. The second-order valence-electron chi connectivity index (χ2n) is 5.46. The molecule has 2 aromatic carbocycles. The van der Waals surface area contributed by atoms with Gasteiger partial charge in [0.15, 0.2) is 0 Å². The molecule has 3 aromatic rings. The molecule has 1 heterocycles. The number of nitrogens with one attached hydrogen (secondary N) is 2.